The van der Waals surface area contributed by atoms with Gasteiger partial charge in [0.2, 0.25) is 0 Å². The lowest BCUT2D eigenvalue weighted by molar-refractivity contribution is 0.573. The van der Waals surface area contributed by atoms with Crippen molar-refractivity contribution in [3.63, 3.8) is 0 Å². The van der Waals surface area contributed by atoms with Crippen molar-refractivity contribution in [3.8, 4) is 0 Å². The summed E-state index contributed by atoms with van der Waals surface area (Å²) in [7, 11) is 0. The second-order valence-corrected chi connectivity index (χ2v) is 5.71. The molecular formula is C13H19NS. The highest BCUT2D eigenvalue weighted by molar-refractivity contribution is 8.00. The molecule has 0 amide bonds. The van der Waals surface area contributed by atoms with E-state index in [4.69, 9.17) is 5.73 Å². The SMILES string of the molecule is Cc1ccc(SC2CCCC2CN)cc1. The maximum atomic E-state index is 5.79. The Morgan fingerprint density at radius 2 is 2.00 bits per heavy atom. The number of benzene rings is 1. The van der Waals surface area contributed by atoms with Crippen molar-refractivity contribution in [3.05, 3.63) is 29.8 Å². The molecule has 1 nitrogen and oxygen atoms in total. The van der Waals surface area contributed by atoms with Crippen LogP contribution in [0.25, 0.3) is 0 Å². The Kier molecular flexibility index (Phi) is 3.71. The van der Waals surface area contributed by atoms with Gasteiger partial charge in [0.25, 0.3) is 0 Å². The highest BCUT2D eigenvalue weighted by Crippen LogP contribution is 2.38. The first-order chi connectivity index (χ1) is 7.29. The first-order valence-corrected chi connectivity index (χ1v) is 6.61. The van der Waals surface area contributed by atoms with Gasteiger partial charge in [-0.3, -0.25) is 0 Å². The van der Waals surface area contributed by atoms with Crippen LogP contribution in [-0.2, 0) is 0 Å². The molecule has 1 fully saturated rings. The van der Waals surface area contributed by atoms with Crippen LogP contribution < -0.4 is 5.73 Å². The van der Waals surface area contributed by atoms with E-state index in [9.17, 15) is 0 Å². The Morgan fingerprint density at radius 3 is 2.67 bits per heavy atom. The van der Waals surface area contributed by atoms with Crippen molar-refractivity contribution in [2.24, 2.45) is 11.7 Å². The summed E-state index contributed by atoms with van der Waals surface area (Å²) in [5.41, 5.74) is 7.12. The molecule has 1 aromatic carbocycles. The second kappa shape index (κ2) is 5.04. The summed E-state index contributed by atoms with van der Waals surface area (Å²) in [6, 6.07) is 8.83. The predicted octanol–water partition coefficient (Wildman–Crippen LogP) is 3.21. The number of aryl methyl sites for hydroxylation is 1. The average Bonchev–Trinajstić information content (AvgIpc) is 2.69. The van der Waals surface area contributed by atoms with Gasteiger partial charge in [-0.15, -0.1) is 11.8 Å². The van der Waals surface area contributed by atoms with Crippen LogP contribution >= 0.6 is 11.8 Å². The molecule has 2 unspecified atom stereocenters. The van der Waals surface area contributed by atoms with Crippen LogP contribution in [0, 0.1) is 12.8 Å². The Hall–Kier alpha value is -0.470. The van der Waals surface area contributed by atoms with Crippen LogP contribution in [0.2, 0.25) is 0 Å². The van der Waals surface area contributed by atoms with Gasteiger partial charge in [-0.2, -0.15) is 0 Å². The lowest BCUT2D eigenvalue weighted by Crippen LogP contribution is -2.20. The first-order valence-electron chi connectivity index (χ1n) is 5.73. The van der Waals surface area contributed by atoms with E-state index in [-0.39, 0.29) is 0 Å². The number of rotatable bonds is 3. The van der Waals surface area contributed by atoms with Crippen molar-refractivity contribution in [1.82, 2.24) is 0 Å². The maximum absolute atomic E-state index is 5.79. The summed E-state index contributed by atoms with van der Waals surface area (Å²) in [5.74, 6) is 0.733. The largest absolute Gasteiger partial charge is 0.330 e. The fourth-order valence-corrected chi connectivity index (χ4v) is 3.59. The molecule has 1 saturated carbocycles. The molecule has 0 aromatic heterocycles. The smallest absolute Gasteiger partial charge is 0.0135 e. The molecule has 0 aliphatic heterocycles. The summed E-state index contributed by atoms with van der Waals surface area (Å²) >= 11 is 2.01. The van der Waals surface area contributed by atoms with Gasteiger partial charge in [-0.05, 0) is 44.4 Å². The third-order valence-electron chi connectivity index (χ3n) is 3.20. The van der Waals surface area contributed by atoms with Gasteiger partial charge in [-0.25, -0.2) is 0 Å². The molecule has 0 saturated heterocycles. The third-order valence-corrected chi connectivity index (χ3v) is 4.67. The molecule has 0 radical (unpaired) electrons. The van der Waals surface area contributed by atoms with E-state index in [1.165, 1.54) is 29.7 Å². The van der Waals surface area contributed by atoms with Gasteiger partial charge in [-0.1, -0.05) is 24.1 Å². The van der Waals surface area contributed by atoms with Gasteiger partial charge >= 0.3 is 0 Å². The van der Waals surface area contributed by atoms with Crippen molar-refractivity contribution in [2.45, 2.75) is 36.3 Å². The molecule has 2 heteroatoms. The molecule has 0 heterocycles. The molecule has 1 aliphatic rings. The van der Waals surface area contributed by atoms with Crippen molar-refractivity contribution in [1.29, 1.82) is 0 Å². The van der Waals surface area contributed by atoms with Crippen LogP contribution in [0.5, 0.6) is 0 Å². The van der Waals surface area contributed by atoms with E-state index < -0.39 is 0 Å². The van der Waals surface area contributed by atoms with E-state index in [0.29, 0.717) is 0 Å². The van der Waals surface area contributed by atoms with E-state index >= 15 is 0 Å². The number of hydrogen-bond donors (Lipinski definition) is 1. The fraction of sp³-hybridized carbons (Fsp3) is 0.538. The first kappa shape index (κ1) is 11.0. The standard InChI is InChI=1S/C13H19NS/c1-10-5-7-12(8-6-10)15-13-4-2-3-11(13)9-14/h5-8,11,13H,2-4,9,14H2,1H3. The zero-order chi connectivity index (χ0) is 10.7. The minimum atomic E-state index is 0.733. The predicted molar refractivity (Wildman–Crippen MR) is 67.2 cm³/mol. The van der Waals surface area contributed by atoms with Crippen LogP contribution in [-0.4, -0.2) is 11.8 Å². The quantitative estimate of drug-likeness (QED) is 0.848. The maximum Gasteiger partial charge on any atom is 0.0135 e. The van der Waals surface area contributed by atoms with E-state index in [2.05, 4.69) is 31.2 Å². The highest BCUT2D eigenvalue weighted by atomic mass is 32.2. The Morgan fingerprint density at radius 1 is 1.27 bits per heavy atom. The molecule has 1 aromatic rings. The molecular weight excluding hydrogens is 202 g/mol. The fourth-order valence-electron chi connectivity index (χ4n) is 2.22. The Labute approximate surface area is 96.4 Å². The zero-order valence-corrected chi connectivity index (χ0v) is 10.1. The summed E-state index contributed by atoms with van der Waals surface area (Å²) in [4.78, 5) is 1.39. The molecule has 2 atom stereocenters. The third kappa shape index (κ3) is 2.76. The molecule has 2 N–H and O–H groups in total. The van der Waals surface area contributed by atoms with Crippen LogP contribution in [0.4, 0.5) is 0 Å². The van der Waals surface area contributed by atoms with Crippen molar-refractivity contribution < 1.29 is 0 Å². The number of thioether (sulfide) groups is 1. The van der Waals surface area contributed by atoms with Crippen molar-refractivity contribution >= 4 is 11.8 Å². The van der Waals surface area contributed by atoms with E-state index in [0.717, 1.165) is 17.7 Å². The Bertz CT molecular complexity index is 307. The molecule has 82 valence electrons. The molecule has 0 bridgehead atoms. The average molecular weight is 221 g/mol. The summed E-state index contributed by atoms with van der Waals surface area (Å²) < 4.78 is 0. The van der Waals surface area contributed by atoms with Gasteiger partial charge in [0.15, 0.2) is 0 Å². The number of hydrogen-bond acceptors (Lipinski definition) is 2. The topological polar surface area (TPSA) is 26.0 Å². The molecule has 1 aliphatic carbocycles. The van der Waals surface area contributed by atoms with Gasteiger partial charge in [0.1, 0.15) is 0 Å². The van der Waals surface area contributed by atoms with E-state index in [1.54, 1.807) is 0 Å². The van der Waals surface area contributed by atoms with Crippen molar-refractivity contribution in [2.75, 3.05) is 6.54 Å². The Balaban J connectivity index is 1.99. The normalized spacial score (nSPS) is 25.7. The molecule has 2 rings (SSSR count). The highest BCUT2D eigenvalue weighted by Gasteiger charge is 2.26. The zero-order valence-electron chi connectivity index (χ0n) is 9.28. The van der Waals surface area contributed by atoms with Crippen LogP contribution in [0.3, 0.4) is 0 Å². The lowest BCUT2D eigenvalue weighted by Gasteiger charge is -2.17. The molecule has 0 spiro atoms. The minimum absolute atomic E-state index is 0.733. The van der Waals surface area contributed by atoms with E-state index in [1.807, 2.05) is 11.8 Å². The molecule has 15 heavy (non-hydrogen) atoms. The summed E-state index contributed by atoms with van der Waals surface area (Å²) in [6.07, 6.45) is 4.01. The monoisotopic (exact) mass is 221 g/mol. The number of nitrogens with two attached hydrogens (primary N) is 1. The van der Waals surface area contributed by atoms with Gasteiger partial charge in [0.05, 0.1) is 0 Å². The van der Waals surface area contributed by atoms with Crippen LogP contribution in [0.15, 0.2) is 29.2 Å². The second-order valence-electron chi connectivity index (χ2n) is 4.40. The summed E-state index contributed by atoms with van der Waals surface area (Å²) in [6.45, 7) is 2.98. The van der Waals surface area contributed by atoms with Crippen LogP contribution in [0.1, 0.15) is 24.8 Å². The van der Waals surface area contributed by atoms with Gasteiger partial charge in [0, 0.05) is 10.1 Å². The lowest BCUT2D eigenvalue weighted by atomic mass is 10.1. The summed E-state index contributed by atoms with van der Waals surface area (Å²) in [5, 5.41) is 0.748. The minimum Gasteiger partial charge on any atom is -0.330 e. The van der Waals surface area contributed by atoms with Gasteiger partial charge < -0.3 is 5.73 Å².